The Bertz CT molecular complexity index is 556. The van der Waals surface area contributed by atoms with Gasteiger partial charge in [-0.2, -0.15) is 0 Å². The van der Waals surface area contributed by atoms with Gasteiger partial charge >= 0.3 is 0 Å². The molecule has 0 spiro atoms. The van der Waals surface area contributed by atoms with Crippen molar-refractivity contribution in [3.63, 3.8) is 0 Å². The van der Waals surface area contributed by atoms with Gasteiger partial charge in [0.05, 0.1) is 0 Å². The van der Waals surface area contributed by atoms with Crippen LogP contribution in [0.5, 0.6) is 0 Å². The molecule has 3 heteroatoms. The topological polar surface area (TPSA) is 12.0 Å². The molecule has 1 atom stereocenters. The highest BCUT2D eigenvalue weighted by molar-refractivity contribution is 9.10. The van der Waals surface area contributed by atoms with Crippen LogP contribution in [0.2, 0.25) is 0 Å². The molecule has 0 saturated heterocycles. The number of halogens is 1. The number of benzene rings is 2. The van der Waals surface area contributed by atoms with Crippen LogP contribution in [0.3, 0.4) is 0 Å². The van der Waals surface area contributed by atoms with E-state index in [4.69, 9.17) is 0 Å². The summed E-state index contributed by atoms with van der Waals surface area (Å²) in [6.07, 6.45) is 0. The Morgan fingerprint density at radius 1 is 1.15 bits per heavy atom. The van der Waals surface area contributed by atoms with Crippen LogP contribution in [0.15, 0.2) is 57.9 Å². The van der Waals surface area contributed by atoms with Crippen molar-refractivity contribution < 1.29 is 0 Å². The summed E-state index contributed by atoms with van der Waals surface area (Å²) in [5, 5.41) is 3.59. The molecule has 0 radical (unpaired) electrons. The van der Waals surface area contributed by atoms with E-state index in [2.05, 4.69) is 83.6 Å². The summed E-state index contributed by atoms with van der Waals surface area (Å²) in [4.78, 5) is 1.30. The quantitative estimate of drug-likeness (QED) is 0.719. The maximum Gasteiger partial charge on any atom is 0.0417 e. The Hall–Kier alpha value is -0.770. The third kappa shape index (κ3) is 4.37. The molecule has 2 aromatic carbocycles. The molecule has 1 nitrogen and oxygen atoms in total. The van der Waals surface area contributed by atoms with E-state index in [-0.39, 0.29) is 0 Å². The highest BCUT2D eigenvalue weighted by atomic mass is 79.9. The van der Waals surface area contributed by atoms with E-state index >= 15 is 0 Å². The Labute approximate surface area is 134 Å². The zero-order chi connectivity index (χ0) is 14.4. The summed E-state index contributed by atoms with van der Waals surface area (Å²) >= 11 is 5.42. The van der Waals surface area contributed by atoms with Crippen LogP contribution in [0.4, 0.5) is 0 Å². The van der Waals surface area contributed by atoms with Crippen molar-refractivity contribution in [3.8, 4) is 0 Å². The molecule has 0 aliphatic carbocycles. The zero-order valence-electron chi connectivity index (χ0n) is 11.9. The number of rotatable bonds is 6. The first-order valence-electron chi connectivity index (χ1n) is 6.88. The van der Waals surface area contributed by atoms with Crippen LogP contribution in [-0.2, 0) is 0 Å². The fourth-order valence-electron chi connectivity index (χ4n) is 2.22. The molecular weight excluding hydrogens is 330 g/mol. The maximum atomic E-state index is 3.59. The van der Waals surface area contributed by atoms with E-state index in [0.29, 0.717) is 6.04 Å². The highest BCUT2D eigenvalue weighted by Crippen LogP contribution is 2.28. The van der Waals surface area contributed by atoms with Crippen molar-refractivity contribution in [2.24, 2.45) is 0 Å². The van der Waals surface area contributed by atoms with Gasteiger partial charge < -0.3 is 5.32 Å². The highest BCUT2D eigenvalue weighted by Gasteiger charge is 2.12. The van der Waals surface area contributed by atoms with Crippen molar-refractivity contribution in [3.05, 3.63) is 64.1 Å². The monoisotopic (exact) mass is 349 g/mol. The summed E-state index contributed by atoms with van der Waals surface area (Å²) < 4.78 is 1.14. The van der Waals surface area contributed by atoms with Gasteiger partial charge in [-0.05, 0) is 42.8 Å². The Kier molecular flexibility index (Phi) is 6.14. The van der Waals surface area contributed by atoms with Crippen LogP contribution >= 0.6 is 27.7 Å². The number of hydrogen-bond donors (Lipinski definition) is 1. The molecule has 0 fully saturated rings. The van der Waals surface area contributed by atoms with Gasteiger partial charge in [-0.1, -0.05) is 53.2 Å². The molecule has 0 aromatic heterocycles. The minimum absolute atomic E-state index is 0.394. The van der Waals surface area contributed by atoms with Gasteiger partial charge in [-0.3, -0.25) is 0 Å². The van der Waals surface area contributed by atoms with Crippen LogP contribution in [0.1, 0.15) is 24.1 Å². The minimum atomic E-state index is 0.394. The van der Waals surface area contributed by atoms with Gasteiger partial charge in [0.1, 0.15) is 0 Å². The first kappa shape index (κ1) is 15.6. The normalized spacial score (nSPS) is 12.3. The van der Waals surface area contributed by atoms with Gasteiger partial charge in [-0.15, -0.1) is 11.8 Å². The molecule has 20 heavy (non-hydrogen) atoms. The fourth-order valence-corrected chi connectivity index (χ4v) is 3.81. The first-order valence-corrected chi connectivity index (χ1v) is 8.66. The number of hydrogen-bond acceptors (Lipinski definition) is 2. The number of nitrogens with one attached hydrogen (secondary N) is 1. The number of aryl methyl sites for hydroxylation is 1. The SMILES string of the molecule is CCNC(CSc1cccc(Br)c1)c1ccccc1C. The van der Waals surface area contributed by atoms with Gasteiger partial charge in [-0.25, -0.2) is 0 Å². The van der Waals surface area contributed by atoms with E-state index < -0.39 is 0 Å². The van der Waals surface area contributed by atoms with E-state index in [9.17, 15) is 0 Å². The van der Waals surface area contributed by atoms with Crippen LogP contribution in [0, 0.1) is 6.92 Å². The second-order valence-corrected chi connectivity index (χ2v) is 6.74. The molecule has 0 aliphatic rings. The average molecular weight is 350 g/mol. The third-order valence-corrected chi connectivity index (χ3v) is 4.81. The van der Waals surface area contributed by atoms with Crippen molar-refractivity contribution in [1.82, 2.24) is 5.32 Å². The van der Waals surface area contributed by atoms with Gasteiger partial charge in [0, 0.05) is 21.2 Å². The van der Waals surface area contributed by atoms with Crippen molar-refractivity contribution in [2.75, 3.05) is 12.3 Å². The summed E-state index contributed by atoms with van der Waals surface area (Å²) in [5.41, 5.74) is 2.75. The average Bonchev–Trinajstić information content (AvgIpc) is 2.44. The van der Waals surface area contributed by atoms with Crippen molar-refractivity contribution in [2.45, 2.75) is 24.8 Å². The fraction of sp³-hybridized carbons (Fsp3) is 0.294. The van der Waals surface area contributed by atoms with Crippen LogP contribution < -0.4 is 5.32 Å². The van der Waals surface area contributed by atoms with Gasteiger partial charge in [0.15, 0.2) is 0 Å². The third-order valence-electron chi connectivity index (χ3n) is 3.23. The summed E-state index contributed by atoms with van der Waals surface area (Å²) in [5.74, 6) is 1.04. The van der Waals surface area contributed by atoms with Crippen molar-refractivity contribution >= 4 is 27.7 Å². The summed E-state index contributed by atoms with van der Waals surface area (Å²) in [6, 6.07) is 17.5. The smallest absolute Gasteiger partial charge is 0.0417 e. The Balaban J connectivity index is 2.08. The summed E-state index contributed by atoms with van der Waals surface area (Å²) in [6.45, 7) is 5.33. The number of thioether (sulfide) groups is 1. The minimum Gasteiger partial charge on any atom is -0.309 e. The second-order valence-electron chi connectivity index (χ2n) is 4.74. The predicted octanol–water partition coefficient (Wildman–Crippen LogP) is 5.20. The lowest BCUT2D eigenvalue weighted by atomic mass is 10.0. The molecule has 0 bridgehead atoms. The molecule has 1 N–H and O–H groups in total. The Morgan fingerprint density at radius 3 is 2.65 bits per heavy atom. The maximum absolute atomic E-state index is 3.59. The molecule has 106 valence electrons. The standard InChI is InChI=1S/C17H20BrNS/c1-3-19-17(16-10-5-4-7-13(16)2)12-20-15-9-6-8-14(18)11-15/h4-11,17,19H,3,12H2,1-2H3. The van der Waals surface area contributed by atoms with Crippen molar-refractivity contribution in [1.29, 1.82) is 0 Å². The lowest BCUT2D eigenvalue weighted by Crippen LogP contribution is -2.23. The van der Waals surface area contributed by atoms with Crippen LogP contribution in [0.25, 0.3) is 0 Å². The molecule has 1 unspecified atom stereocenters. The Morgan fingerprint density at radius 2 is 1.95 bits per heavy atom. The predicted molar refractivity (Wildman–Crippen MR) is 92.5 cm³/mol. The second kappa shape index (κ2) is 7.87. The van der Waals surface area contributed by atoms with E-state index in [1.807, 2.05) is 11.8 Å². The van der Waals surface area contributed by atoms with Gasteiger partial charge in [0.2, 0.25) is 0 Å². The molecule has 2 rings (SSSR count). The summed E-state index contributed by atoms with van der Waals surface area (Å²) in [7, 11) is 0. The van der Waals surface area contributed by atoms with E-state index in [1.54, 1.807) is 0 Å². The lowest BCUT2D eigenvalue weighted by molar-refractivity contribution is 0.603. The lowest BCUT2D eigenvalue weighted by Gasteiger charge is -2.20. The molecule has 2 aromatic rings. The van der Waals surface area contributed by atoms with E-state index in [0.717, 1.165) is 16.8 Å². The van der Waals surface area contributed by atoms with Crippen LogP contribution in [-0.4, -0.2) is 12.3 Å². The molecule has 0 saturated carbocycles. The first-order chi connectivity index (χ1) is 9.70. The molecule has 0 aliphatic heterocycles. The zero-order valence-corrected chi connectivity index (χ0v) is 14.3. The molecule has 0 heterocycles. The van der Waals surface area contributed by atoms with Gasteiger partial charge in [0.25, 0.3) is 0 Å². The van der Waals surface area contributed by atoms with E-state index in [1.165, 1.54) is 16.0 Å². The molecule has 0 amide bonds. The largest absolute Gasteiger partial charge is 0.309 e. The molecular formula is C17H20BrNS.